The summed E-state index contributed by atoms with van der Waals surface area (Å²) in [5.41, 5.74) is 6.78. The maximum atomic E-state index is 11.8. The Morgan fingerprint density at radius 2 is 2.00 bits per heavy atom. The van der Waals surface area contributed by atoms with E-state index in [0.29, 0.717) is 11.3 Å². The van der Waals surface area contributed by atoms with Gasteiger partial charge in [0.2, 0.25) is 0 Å². The third kappa shape index (κ3) is 5.76. The molecule has 2 N–H and O–H groups in total. The Bertz CT molecular complexity index is 888. The standard InChI is InChI=1S/C19H16BrN3O3/c1-13-6-7-14(16(20)10-13)8-9-18(24)22-23-19(25)12-26-17-5-3-2-4-15(17)11-21/h2-10H,12H2,1H3,(H,22,24)(H,23,25)/b9-8+. The minimum atomic E-state index is -0.545. The molecule has 2 aromatic rings. The van der Waals surface area contributed by atoms with E-state index in [0.717, 1.165) is 15.6 Å². The third-order valence-electron chi connectivity index (χ3n) is 3.26. The summed E-state index contributed by atoms with van der Waals surface area (Å²) in [6.45, 7) is 1.64. The van der Waals surface area contributed by atoms with Crippen LogP contribution in [0, 0.1) is 18.3 Å². The number of amides is 2. The molecule has 0 radical (unpaired) electrons. The van der Waals surface area contributed by atoms with Gasteiger partial charge in [-0.1, -0.05) is 40.2 Å². The molecular formula is C19H16BrN3O3. The first-order valence-electron chi connectivity index (χ1n) is 7.64. The molecule has 0 aliphatic carbocycles. The van der Waals surface area contributed by atoms with Gasteiger partial charge >= 0.3 is 0 Å². The number of hydrogen-bond acceptors (Lipinski definition) is 4. The second-order valence-electron chi connectivity index (χ2n) is 5.29. The molecule has 0 aliphatic rings. The number of aryl methyl sites for hydroxylation is 1. The fourth-order valence-corrected chi connectivity index (χ4v) is 2.60. The number of hydrogen-bond donors (Lipinski definition) is 2. The number of nitrogens with zero attached hydrogens (tertiary/aromatic N) is 1. The minimum absolute atomic E-state index is 0.306. The van der Waals surface area contributed by atoms with Gasteiger partial charge in [-0.05, 0) is 42.3 Å². The van der Waals surface area contributed by atoms with Crippen LogP contribution in [-0.4, -0.2) is 18.4 Å². The van der Waals surface area contributed by atoms with Crippen LogP contribution in [0.25, 0.3) is 6.08 Å². The van der Waals surface area contributed by atoms with Crippen molar-refractivity contribution in [3.8, 4) is 11.8 Å². The van der Waals surface area contributed by atoms with Gasteiger partial charge < -0.3 is 4.74 Å². The summed E-state index contributed by atoms with van der Waals surface area (Å²) in [6, 6.07) is 14.3. The highest BCUT2D eigenvalue weighted by atomic mass is 79.9. The predicted octanol–water partition coefficient (Wildman–Crippen LogP) is 2.87. The number of para-hydroxylation sites is 1. The number of carbonyl (C=O) groups is 2. The van der Waals surface area contributed by atoms with Crippen molar-refractivity contribution in [2.75, 3.05) is 6.61 Å². The molecule has 2 amide bonds. The molecule has 0 aliphatic heterocycles. The number of benzene rings is 2. The minimum Gasteiger partial charge on any atom is -0.482 e. The lowest BCUT2D eigenvalue weighted by molar-refractivity contribution is -0.128. The Balaban J connectivity index is 1.80. The largest absolute Gasteiger partial charge is 0.482 e. The van der Waals surface area contributed by atoms with Gasteiger partial charge in [-0.15, -0.1) is 0 Å². The molecule has 0 heterocycles. The number of carbonyl (C=O) groups excluding carboxylic acids is 2. The molecule has 7 heteroatoms. The zero-order valence-electron chi connectivity index (χ0n) is 14.0. The van der Waals surface area contributed by atoms with Crippen LogP contribution in [0.3, 0.4) is 0 Å². The number of nitriles is 1. The summed E-state index contributed by atoms with van der Waals surface area (Å²) < 4.78 is 6.14. The van der Waals surface area contributed by atoms with E-state index in [9.17, 15) is 9.59 Å². The van der Waals surface area contributed by atoms with Crippen LogP contribution in [0.5, 0.6) is 5.75 Å². The molecule has 0 fully saturated rings. The van der Waals surface area contributed by atoms with E-state index in [1.807, 2.05) is 31.2 Å². The van der Waals surface area contributed by atoms with Crippen LogP contribution >= 0.6 is 15.9 Å². The van der Waals surface area contributed by atoms with E-state index < -0.39 is 11.8 Å². The SMILES string of the molecule is Cc1ccc(/C=C/C(=O)NNC(=O)COc2ccccc2C#N)c(Br)c1. The molecule has 0 saturated carbocycles. The maximum Gasteiger partial charge on any atom is 0.276 e. The lowest BCUT2D eigenvalue weighted by Crippen LogP contribution is -2.43. The Morgan fingerprint density at radius 3 is 2.73 bits per heavy atom. The van der Waals surface area contributed by atoms with Crippen LogP contribution in [0.2, 0.25) is 0 Å². The fourth-order valence-electron chi connectivity index (χ4n) is 1.97. The van der Waals surface area contributed by atoms with Gasteiger partial charge in [-0.25, -0.2) is 0 Å². The monoisotopic (exact) mass is 413 g/mol. The van der Waals surface area contributed by atoms with Crippen molar-refractivity contribution >= 4 is 33.8 Å². The quantitative estimate of drug-likeness (QED) is 0.582. The molecule has 0 spiro atoms. The first kappa shape index (κ1) is 19.2. The lowest BCUT2D eigenvalue weighted by Gasteiger charge is -2.08. The van der Waals surface area contributed by atoms with Crippen LogP contribution < -0.4 is 15.6 Å². The topological polar surface area (TPSA) is 91.2 Å². The van der Waals surface area contributed by atoms with E-state index in [1.54, 1.807) is 30.3 Å². The summed E-state index contributed by atoms with van der Waals surface area (Å²) in [4.78, 5) is 23.5. The molecule has 0 saturated heterocycles. The van der Waals surface area contributed by atoms with E-state index in [-0.39, 0.29) is 6.61 Å². The lowest BCUT2D eigenvalue weighted by atomic mass is 10.1. The van der Waals surface area contributed by atoms with Crippen LogP contribution in [-0.2, 0) is 9.59 Å². The Labute approximate surface area is 159 Å². The fraction of sp³-hybridized carbons (Fsp3) is 0.105. The number of hydrazine groups is 1. The summed E-state index contributed by atoms with van der Waals surface area (Å²) in [6.07, 6.45) is 2.94. The van der Waals surface area contributed by atoms with Crippen LogP contribution in [0.4, 0.5) is 0 Å². The summed E-state index contributed by atoms with van der Waals surface area (Å²) >= 11 is 3.42. The highest BCUT2D eigenvalue weighted by molar-refractivity contribution is 9.10. The Morgan fingerprint density at radius 1 is 1.23 bits per heavy atom. The van der Waals surface area contributed by atoms with Gasteiger partial charge in [-0.2, -0.15) is 5.26 Å². The van der Waals surface area contributed by atoms with Gasteiger partial charge in [0.1, 0.15) is 11.8 Å². The number of nitrogens with one attached hydrogen (secondary N) is 2. The molecule has 2 rings (SSSR count). The first-order chi connectivity index (χ1) is 12.5. The number of rotatable bonds is 5. The van der Waals surface area contributed by atoms with E-state index in [1.165, 1.54) is 6.08 Å². The predicted molar refractivity (Wildman–Crippen MR) is 101 cm³/mol. The molecule has 0 bridgehead atoms. The molecule has 2 aromatic carbocycles. The zero-order chi connectivity index (χ0) is 18.9. The van der Waals surface area contributed by atoms with Crippen molar-refractivity contribution in [3.05, 3.63) is 69.7 Å². The Hall–Kier alpha value is -3.11. The molecule has 0 atom stereocenters. The summed E-state index contributed by atoms with van der Waals surface area (Å²) in [7, 11) is 0. The van der Waals surface area contributed by atoms with Gasteiger partial charge in [0.15, 0.2) is 6.61 Å². The smallest absolute Gasteiger partial charge is 0.276 e. The van der Waals surface area contributed by atoms with Crippen LogP contribution in [0.1, 0.15) is 16.7 Å². The van der Waals surface area contributed by atoms with Gasteiger partial charge in [-0.3, -0.25) is 20.4 Å². The average molecular weight is 414 g/mol. The Kier molecular flexibility index (Phi) is 6.94. The van der Waals surface area contributed by atoms with Crippen molar-refractivity contribution in [2.24, 2.45) is 0 Å². The van der Waals surface area contributed by atoms with Gasteiger partial charge in [0.25, 0.3) is 11.8 Å². The van der Waals surface area contributed by atoms with Crippen molar-refractivity contribution in [1.82, 2.24) is 10.9 Å². The van der Waals surface area contributed by atoms with E-state index in [4.69, 9.17) is 10.00 Å². The second kappa shape index (κ2) is 9.39. The van der Waals surface area contributed by atoms with Crippen LogP contribution in [0.15, 0.2) is 53.0 Å². The molecular weight excluding hydrogens is 398 g/mol. The molecule has 132 valence electrons. The van der Waals surface area contributed by atoms with Crippen molar-refractivity contribution in [3.63, 3.8) is 0 Å². The summed E-state index contributed by atoms with van der Waals surface area (Å²) in [5, 5.41) is 8.95. The van der Waals surface area contributed by atoms with Crippen molar-refractivity contribution in [1.29, 1.82) is 5.26 Å². The van der Waals surface area contributed by atoms with Crippen molar-refractivity contribution in [2.45, 2.75) is 6.92 Å². The van der Waals surface area contributed by atoms with Gasteiger partial charge in [0.05, 0.1) is 5.56 Å². The molecule has 6 nitrogen and oxygen atoms in total. The molecule has 26 heavy (non-hydrogen) atoms. The van der Waals surface area contributed by atoms with E-state index in [2.05, 4.69) is 26.8 Å². The average Bonchev–Trinajstić information content (AvgIpc) is 2.64. The number of halogens is 1. The molecule has 0 aromatic heterocycles. The summed E-state index contributed by atoms with van der Waals surface area (Å²) in [5.74, 6) is -0.722. The third-order valence-corrected chi connectivity index (χ3v) is 3.95. The molecule has 0 unspecified atom stereocenters. The number of ether oxygens (including phenoxy) is 1. The zero-order valence-corrected chi connectivity index (χ0v) is 15.5. The first-order valence-corrected chi connectivity index (χ1v) is 8.44. The van der Waals surface area contributed by atoms with Gasteiger partial charge in [0, 0.05) is 10.5 Å². The highest BCUT2D eigenvalue weighted by Crippen LogP contribution is 2.19. The second-order valence-corrected chi connectivity index (χ2v) is 6.15. The highest BCUT2D eigenvalue weighted by Gasteiger charge is 2.07. The van der Waals surface area contributed by atoms with E-state index >= 15 is 0 Å². The van der Waals surface area contributed by atoms with Crippen molar-refractivity contribution < 1.29 is 14.3 Å². The normalized spacial score (nSPS) is 10.2. The maximum absolute atomic E-state index is 11.8.